The fourth-order valence-electron chi connectivity index (χ4n) is 7.17. The minimum absolute atomic E-state index is 0.0769. The standard InChI is InChI=1S/2C9H13N5.C9H12N4O.C8H13N3.C8H12N2O2.C8H12N2O/c2*1-5(2)14-4-11-7-8(10)12-6(3)13-9(7)14;1-5(2)13-4-10-7-8(13)11-6(3)12-9(7)14;1-6(2)11-5-4-8(9)10-7(11)3;1-5(2)10-4-6(3)7(11)9-8(10)12;1-6(2)10-5-4-8(11)9-7(10)3/h2*4-5H,1-3H3,(H2,10,12,13);4-5H,1-3H3,(H,11,12,14);4-6H,3H2,1-2H3,(H2,9,10);4-5H,1-3H3,(H,9,11,12);4-6H,3H2,1-2H3,(H,9,11). The number of rotatable bonds is 6. The van der Waals surface area contributed by atoms with Crippen molar-refractivity contribution < 1.29 is 4.79 Å². The number of amidine groups is 1. The van der Waals surface area contributed by atoms with Crippen LogP contribution in [-0.2, 0) is 4.79 Å². The largest absolute Gasteiger partial charge is 0.384 e. The summed E-state index contributed by atoms with van der Waals surface area (Å²) >= 11 is 0. The van der Waals surface area contributed by atoms with Crippen molar-refractivity contribution in [2.24, 2.45) is 10.7 Å². The zero-order valence-corrected chi connectivity index (χ0v) is 46.6. The van der Waals surface area contributed by atoms with Crippen LogP contribution >= 0.6 is 0 Å². The molecule has 0 saturated heterocycles. The second-order valence-corrected chi connectivity index (χ2v) is 19.3. The van der Waals surface area contributed by atoms with Crippen molar-refractivity contribution in [3.63, 3.8) is 0 Å². The molecule has 0 spiro atoms. The van der Waals surface area contributed by atoms with Crippen molar-refractivity contribution in [3.8, 4) is 0 Å². The van der Waals surface area contributed by atoms with Crippen LogP contribution in [0.5, 0.6) is 0 Å². The molecule has 7 aromatic heterocycles. The van der Waals surface area contributed by atoms with Crippen LogP contribution in [0.15, 0.2) is 93.9 Å². The molecular weight excluding hydrogens is 971 g/mol. The number of aryl methyl sites for hydroxylation is 4. The Balaban J connectivity index is 0.000000198. The van der Waals surface area contributed by atoms with E-state index in [1.165, 1.54) is 10.6 Å². The maximum atomic E-state index is 11.5. The molecule has 9 N–H and O–H groups in total. The van der Waals surface area contributed by atoms with E-state index in [2.05, 4.69) is 115 Å². The van der Waals surface area contributed by atoms with E-state index in [0.717, 1.165) is 11.3 Å². The molecule has 7 aromatic rings. The Morgan fingerprint density at radius 1 is 0.513 bits per heavy atom. The molecule has 0 aromatic carbocycles. The number of aromatic amines is 2. The Morgan fingerprint density at radius 3 is 1.37 bits per heavy atom. The summed E-state index contributed by atoms with van der Waals surface area (Å²) in [6, 6.07) is 1.71. The first kappa shape index (κ1) is 59.8. The molecule has 2 aliphatic heterocycles. The third kappa shape index (κ3) is 15.4. The van der Waals surface area contributed by atoms with Gasteiger partial charge in [-0.15, -0.1) is 0 Å². The summed E-state index contributed by atoms with van der Waals surface area (Å²) in [4.78, 5) is 90.5. The number of carbonyl (C=O) groups is 1. The molecule has 9 rings (SSSR count). The second-order valence-electron chi connectivity index (χ2n) is 19.3. The number of H-pyrrole nitrogens is 2. The first-order chi connectivity index (χ1) is 35.5. The van der Waals surface area contributed by atoms with E-state index < -0.39 is 0 Å². The van der Waals surface area contributed by atoms with E-state index >= 15 is 0 Å². The van der Waals surface area contributed by atoms with Crippen molar-refractivity contribution >= 4 is 56.9 Å². The first-order valence-electron chi connectivity index (χ1n) is 24.7. The Kier molecular flexibility index (Phi) is 20.4. The van der Waals surface area contributed by atoms with Crippen LogP contribution in [-0.4, -0.2) is 102 Å². The van der Waals surface area contributed by atoms with Crippen LogP contribution in [0.3, 0.4) is 0 Å². The van der Waals surface area contributed by atoms with Crippen LogP contribution in [0.4, 0.5) is 11.6 Å². The van der Waals surface area contributed by atoms with Crippen molar-refractivity contribution in [2.45, 2.75) is 147 Å². The number of fused-ring (bicyclic) bond motifs is 3. The molecule has 2 aliphatic rings. The van der Waals surface area contributed by atoms with Crippen LogP contribution < -0.4 is 39.3 Å². The Hall–Kier alpha value is -8.77. The molecule has 1 amide bonds. The van der Waals surface area contributed by atoms with E-state index in [9.17, 15) is 19.2 Å². The number of nitrogen functional groups attached to an aromatic ring is 2. The molecule has 0 unspecified atom stereocenters. The number of nitrogens with two attached hydrogens (primary N) is 3. The minimum atomic E-state index is -0.347. The Bertz CT molecular complexity index is 3360. The van der Waals surface area contributed by atoms with Crippen LogP contribution in [0.1, 0.15) is 130 Å². The van der Waals surface area contributed by atoms with Crippen LogP contribution in [0, 0.1) is 27.7 Å². The second kappa shape index (κ2) is 25.9. The summed E-state index contributed by atoms with van der Waals surface area (Å²) in [5.41, 5.74) is 20.7. The SMILES string of the molecule is C=C1N=C(N)C=CN1C(C)C.C=C1NC(=O)C=CN1C(C)C.Cc1cn(C(C)C)c(=O)[nH]c1=O.Cc1nc(N)c2ncn(C(C)C)c2n1.Cc1nc(N)c2ncn(C(C)C)c2n1.Cc1nc2c(ncn2C(C)C)c(=O)[nH]1. The topological polar surface area (TPSA) is 332 Å². The average molecular weight is 1050 g/mol. The first-order valence-corrected chi connectivity index (χ1v) is 24.7. The number of aromatic nitrogens is 14. The Labute approximate surface area is 441 Å². The molecule has 0 bridgehead atoms. The maximum Gasteiger partial charge on any atom is 0.328 e. The number of imidazole rings is 3. The summed E-state index contributed by atoms with van der Waals surface area (Å²) < 4.78 is 7.36. The molecule has 0 aliphatic carbocycles. The highest BCUT2D eigenvalue weighted by atomic mass is 16.2. The van der Waals surface area contributed by atoms with Gasteiger partial charge in [0.25, 0.3) is 17.0 Å². The van der Waals surface area contributed by atoms with E-state index in [4.69, 9.17) is 17.2 Å². The fraction of sp³-hybridized carbons (Fsp3) is 0.431. The lowest BCUT2D eigenvalue weighted by Crippen LogP contribution is -2.38. The molecule has 0 fully saturated rings. The van der Waals surface area contributed by atoms with Gasteiger partial charge in [0.1, 0.15) is 46.0 Å². The summed E-state index contributed by atoms with van der Waals surface area (Å²) in [6.45, 7) is 38.9. The normalized spacial score (nSPS) is 13.1. The van der Waals surface area contributed by atoms with Gasteiger partial charge < -0.3 is 51.0 Å². The number of nitrogens with one attached hydrogen (secondary N) is 3. The zero-order valence-electron chi connectivity index (χ0n) is 46.6. The molecule has 408 valence electrons. The molecule has 0 saturated carbocycles. The van der Waals surface area contributed by atoms with Gasteiger partial charge >= 0.3 is 5.69 Å². The highest BCUT2D eigenvalue weighted by Gasteiger charge is 2.16. The number of aliphatic imine (C=N–C) groups is 1. The predicted molar refractivity (Wildman–Crippen MR) is 300 cm³/mol. The van der Waals surface area contributed by atoms with Gasteiger partial charge in [0, 0.05) is 66.5 Å². The quantitative estimate of drug-likeness (QED) is 0.113. The van der Waals surface area contributed by atoms with Gasteiger partial charge in [0.05, 0.1) is 19.0 Å². The maximum absolute atomic E-state index is 11.5. The third-order valence-electron chi connectivity index (χ3n) is 11.1. The fourth-order valence-corrected chi connectivity index (χ4v) is 7.17. The summed E-state index contributed by atoms with van der Waals surface area (Å²) in [5, 5.41) is 2.62. The highest BCUT2D eigenvalue weighted by Crippen LogP contribution is 2.21. The van der Waals surface area contributed by atoms with E-state index in [-0.39, 0.29) is 34.8 Å². The lowest BCUT2D eigenvalue weighted by Gasteiger charge is -2.29. The smallest absolute Gasteiger partial charge is 0.328 e. The van der Waals surface area contributed by atoms with Crippen molar-refractivity contribution in [1.82, 2.24) is 83.2 Å². The van der Waals surface area contributed by atoms with Gasteiger partial charge in [0.15, 0.2) is 34.1 Å². The van der Waals surface area contributed by atoms with Crippen LogP contribution in [0.25, 0.3) is 33.5 Å². The number of hydrogen-bond acceptors (Lipinski definition) is 18. The molecular formula is C51H75N21O4. The molecule has 9 heterocycles. The monoisotopic (exact) mass is 1050 g/mol. The number of anilines is 2. The third-order valence-corrected chi connectivity index (χ3v) is 11.1. The Morgan fingerprint density at radius 2 is 0.947 bits per heavy atom. The number of nitrogens with zero attached hydrogens (tertiary/aromatic N) is 15. The molecule has 25 nitrogen and oxygen atoms in total. The molecule has 25 heteroatoms. The number of hydrogen-bond donors (Lipinski definition) is 6. The molecule has 0 atom stereocenters. The van der Waals surface area contributed by atoms with Gasteiger partial charge in [-0.2, -0.15) is 0 Å². The molecule has 76 heavy (non-hydrogen) atoms. The highest BCUT2D eigenvalue weighted by molar-refractivity contribution is 5.92. The lowest BCUT2D eigenvalue weighted by atomic mass is 10.3. The average Bonchev–Trinajstić information content (AvgIpc) is 4.06. The van der Waals surface area contributed by atoms with Crippen molar-refractivity contribution in [1.29, 1.82) is 0 Å². The van der Waals surface area contributed by atoms with E-state index in [0.29, 0.717) is 98.5 Å². The summed E-state index contributed by atoms with van der Waals surface area (Å²) in [6.07, 6.45) is 13.6. The summed E-state index contributed by atoms with van der Waals surface area (Å²) in [5.74, 6) is 4.64. The van der Waals surface area contributed by atoms with E-state index in [1.807, 2.05) is 85.1 Å². The van der Waals surface area contributed by atoms with Gasteiger partial charge in [0.2, 0.25) is 0 Å². The van der Waals surface area contributed by atoms with Crippen LogP contribution in [0.2, 0.25) is 0 Å². The van der Waals surface area contributed by atoms with Crippen molar-refractivity contribution in [3.05, 3.63) is 129 Å². The minimum Gasteiger partial charge on any atom is -0.384 e. The zero-order chi connectivity index (χ0) is 57.0. The van der Waals surface area contributed by atoms with E-state index in [1.54, 1.807) is 51.3 Å². The van der Waals surface area contributed by atoms with Gasteiger partial charge in [-0.1, -0.05) is 13.2 Å². The molecule has 0 radical (unpaired) electrons. The van der Waals surface area contributed by atoms with Gasteiger partial charge in [-0.25, -0.2) is 49.7 Å². The van der Waals surface area contributed by atoms with Gasteiger partial charge in [-0.05, 0) is 117 Å². The van der Waals surface area contributed by atoms with Crippen molar-refractivity contribution in [2.75, 3.05) is 11.5 Å². The number of carbonyl (C=O) groups excluding carboxylic acids is 1. The number of amides is 1. The predicted octanol–water partition coefficient (Wildman–Crippen LogP) is 5.89. The summed E-state index contributed by atoms with van der Waals surface area (Å²) in [7, 11) is 0. The lowest BCUT2D eigenvalue weighted by molar-refractivity contribution is -0.116. The van der Waals surface area contributed by atoms with Gasteiger partial charge in [-0.3, -0.25) is 23.9 Å².